The van der Waals surface area contributed by atoms with E-state index in [2.05, 4.69) is 10.3 Å². The van der Waals surface area contributed by atoms with Crippen molar-refractivity contribution in [2.24, 2.45) is 5.92 Å². The summed E-state index contributed by atoms with van der Waals surface area (Å²) >= 11 is 0. The Hall–Kier alpha value is -1.71. The Labute approximate surface area is 113 Å². The Kier molecular flexibility index (Phi) is 3.58. The fourth-order valence-corrected chi connectivity index (χ4v) is 2.88. The number of anilines is 2. The summed E-state index contributed by atoms with van der Waals surface area (Å²) in [6.07, 6.45) is 8.18. The van der Waals surface area contributed by atoms with Crippen LogP contribution in [0.4, 0.5) is 11.7 Å². The molecule has 4 nitrogen and oxygen atoms in total. The highest BCUT2D eigenvalue weighted by molar-refractivity contribution is 5.77. The number of rotatable bonds is 4. The van der Waals surface area contributed by atoms with Gasteiger partial charge in [0.05, 0.1) is 0 Å². The van der Waals surface area contributed by atoms with Gasteiger partial charge in [0.25, 0.3) is 6.01 Å². The minimum atomic E-state index is 0.608. The first kappa shape index (κ1) is 12.3. The summed E-state index contributed by atoms with van der Waals surface area (Å²) in [5.41, 5.74) is 8.03. The number of nitrogens with zero attached hydrogens (tertiary/aromatic N) is 1. The van der Waals surface area contributed by atoms with Gasteiger partial charge in [0, 0.05) is 18.3 Å². The van der Waals surface area contributed by atoms with Crippen LogP contribution >= 0.6 is 0 Å². The molecule has 0 unspecified atom stereocenters. The zero-order chi connectivity index (χ0) is 13.1. The zero-order valence-corrected chi connectivity index (χ0v) is 11.2. The third kappa shape index (κ3) is 3.00. The van der Waals surface area contributed by atoms with Crippen molar-refractivity contribution in [1.82, 2.24) is 4.98 Å². The molecule has 3 rings (SSSR count). The van der Waals surface area contributed by atoms with Gasteiger partial charge in [-0.15, -0.1) is 0 Å². The first-order valence-electron chi connectivity index (χ1n) is 7.21. The van der Waals surface area contributed by atoms with Crippen molar-refractivity contribution < 1.29 is 4.42 Å². The van der Waals surface area contributed by atoms with Crippen molar-refractivity contribution in [2.45, 2.75) is 38.5 Å². The molecule has 19 heavy (non-hydrogen) atoms. The summed E-state index contributed by atoms with van der Waals surface area (Å²) < 4.78 is 5.64. The Morgan fingerprint density at radius 2 is 2.11 bits per heavy atom. The van der Waals surface area contributed by atoms with Crippen molar-refractivity contribution in [3.8, 4) is 0 Å². The number of fused-ring (bicyclic) bond motifs is 1. The van der Waals surface area contributed by atoms with Crippen molar-refractivity contribution >= 4 is 22.8 Å². The molecule has 2 aromatic rings. The van der Waals surface area contributed by atoms with Crippen LogP contribution in [0.5, 0.6) is 0 Å². The van der Waals surface area contributed by atoms with Crippen LogP contribution in [0.1, 0.15) is 38.5 Å². The van der Waals surface area contributed by atoms with Crippen LogP contribution in [0.3, 0.4) is 0 Å². The molecule has 0 saturated heterocycles. The Bertz CT molecular complexity index is 543. The summed E-state index contributed by atoms with van der Waals surface area (Å²) in [7, 11) is 0. The van der Waals surface area contributed by atoms with Crippen molar-refractivity contribution in [3.63, 3.8) is 0 Å². The normalized spacial score (nSPS) is 16.8. The predicted octanol–water partition coefficient (Wildman–Crippen LogP) is 3.79. The second-order valence-corrected chi connectivity index (χ2v) is 5.47. The number of hydrogen-bond acceptors (Lipinski definition) is 4. The van der Waals surface area contributed by atoms with Crippen LogP contribution < -0.4 is 11.1 Å². The third-order valence-corrected chi connectivity index (χ3v) is 3.97. The number of nitrogens with two attached hydrogens (primary N) is 1. The minimum Gasteiger partial charge on any atom is -0.423 e. The second kappa shape index (κ2) is 5.51. The quantitative estimate of drug-likeness (QED) is 0.820. The van der Waals surface area contributed by atoms with E-state index in [0.717, 1.165) is 23.6 Å². The fourth-order valence-electron chi connectivity index (χ4n) is 2.88. The predicted molar refractivity (Wildman–Crippen MR) is 78.1 cm³/mol. The van der Waals surface area contributed by atoms with Gasteiger partial charge in [-0.05, 0) is 24.5 Å². The number of aromatic nitrogens is 1. The SMILES string of the molecule is Nc1ccc2nc(NCCC3CCCCC3)oc2c1. The summed E-state index contributed by atoms with van der Waals surface area (Å²) in [6, 6.07) is 6.16. The first-order valence-corrected chi connectivity index (χ1v) is 7.21. The molecule has 0 amide bonds. The van der Waals surface area contributed by atoms with E-state index in [9.17, 15) is 0 Å². The van der Waals surface area contributed by atoms with Gasteiger partial charge in [-0.25, -0.2) is 0 Å². The maximum absolute atomic E-state index is 5.72. The maximum Gasteiger partial charge on any atom is 0.295 e. The zero-order valence-electron chi connectivity index (χ0n) is 11.2. The van der Waals surface area contributed by atoms with E-state index in [1.165, 1.54) is 38.5 Å². The maximum atomic E-state index is 5.72. The van der Waals surface area contributed by atoms with Gasteiger partial charge in [-0.1, -0.05) is 32.1 Å². The molecule has 1 aliphatic carbocycles. The molecular weight excluding hydrogens is 238 g/mol. The number of nitrogens with one attached hydrogen (secondary N) is 1. The van der Waals surface area contributed by atoms with Gasteiger partial charge >= 0.3 is 0 Å². The van der Waals surface area contributed by atoms with Crippen molar-refractivity contribution in [1.29, 1.82) is 0 Å². The average Bonchev–Trinajstić information content (AvgIpc) is 2.82. The number of oxazole rings is 1. The monoisotopic (exact) mass is 259 g/mol. The molecule has 1 fully saturated rings. The molecule has 4 heteroatoms. The van der Waals surface area contributed by atoms with Crippen LogP contribution in [0.2, 0.25) is 0 Å². The van der Waals surface area contributed by atoms with Crippen molar-refractivity contribution in [2.75, 3.05) is 17.6 Å². The highest BCUT2D eigenvalue weighted by Crippen LogP contribution is 2.26. The number of benzene rings is 1. The summed E-state index contributed by atoms with van der Waals surface area (Å²) in [5.74, 6) is 0.876. The van der Waals surface area contributed by atoms with E-state index < -0.39 is 0 Å². The standard InChI is InChI=1S/C15H21N3O/c16-12-6-7-13-14(10-12)19-15(18-13)17-9-8-11-4-2-1-3-5-11/h6-7,10-11H,1-5,8-9,16H2,(H,17,18). The van der Waals surface area contributed by atoms with Gasteiger partial charge in [-0.2, -0.15) is 4.98 Å². The number of hydrogen-bond donors (Lipinski definition) is 2. The van der Waals surface area contributed by atoms with E-state index in [1.807, 2.05) is 18.2 Å². The van der Waals surface area contributed by atoms with Crippen LogP contribution in [0.25, 0.3) is 11.1 Å². The average molecular weight is 259 g/mol. The van der Waals surface area contributed by atoms with Gasteiger partial charge in [-0.3, -0.25) is 0 Å². The largest absolute Gasteiger partial charge is 0.423 e. The van der Waals surface area contributed by atoms with Gasteiger partial charge in [0.2, 0.25) is 0 Å². The van der Waals surface area contributed by atoms with E-state index >= 15 is 0 Å². The van der Waals surface area contributed by atoms with E-state index in [4.69, 9.17) is 10.2 Å². The van der Waals surface area contributed by atoms with E-state index in [0.29, 0.717) is 11.7 Å². The lowest BCUT2D eigenvalue weighted by Crippen LogP contribution is -2.12. The van der Waals surface area contributed by atoms with Gasteiger partial charge < -0.3 is 15.5 Å². The molecule has 0 radical (unpaired) electrons. The molecule has 102 valence electrons. The summed E-state index contributed by atoms with van der Waals surface area (Å²) in [4.78, 5) is 4.40. The second-order valence-electron chi connectivity index (χ2n) is 5.47. The van der Waals surface area contributed by atoms with Crippen LogP contribution in [0, 0.1) is 5.92 Å². The molecule has 1 aromatic carbocycles. The summed E-state index contributed by atoms with van der Waals surface area (Å²) in [5, 5.41) is 3.28. The third-order valence-electron chi connectivity index (χ3n) is 3.97. The molecule has 1 saturated carbocycles. The van der Waals surface area contributed by atoms with Crippen LogP contribution in [-0.2, 0) is 0 Å². The van der Waals surface area contributed by atoms with Gasteiger partial charge in [0.15, 0.2) is 5.58 Å². The lowest BCUT2D eigenvalue weighted by atomic mass is 9.87. The Balaban J connectivity index is 1.56. The smallest absolute Gasteiger partial charge is 0.295 e. The lowest BCUT2D eigenvalue weighted by Gasteiger charge is -2.21. The Morgan fingerprint density at radius 3 is 2.95 bits per heavy atom. The topological polar surface area (TPSA) is 64.1 Å². The molecule has 3 N–H and O–H groups in total. The first-order chi connectivity index (χ1) is 9.31. The van der Waals surface area contributed by atoms with E-state index in [1.54, 1.807) is 0 Å². The van der Waals surface area contributed by atoms with Crippen molar-refractivity contribution in [3.05, 3.63) is 18.2 Å². The molecular formula is C15H21N3O. The highest BCUT2D eigenvalue weighted by Gasteiger charge is 2.13. The molecule has 0 aliphatic heterocycles. The molecule has 1 aromatic heterocycles. The minimum absolute atomic E-state index is 0.608. The summed E-state index contributed by atoms with van der Waals surface area (Å²) in [6.45, 7) is 0.937. The van der Waals surface area contributed by atoms with Crippen LogP contribution in [-0.4, -0.2) is 11.5 Å². The molecule has 0 atom stereocenters. The van der Waals surface area contributed by atoms with E-state index in [-0.39, 0.29) is 0 Å². The fraction of sp³-hybridized carbons (Fsp3) is 0.533. The van der Waals surface area contributed by atoms with Crippen LogP contribution in [0.15, 0.2) is 22.6 Å². The molecule has 1 aliphatic rings. The Morgan fingerprint density at radius 1 is 1.26 bits per heavy atom. The molecule has 0 spiro atoms. The molecule has 1 heterocycles. The van der Waals surface area contributed by atoms with Gasteiger partial charge in [0.1, 0.15) is 5.52 Å². The highest BCUT2D eigenvalue weighted by atomic mass is 16.4. The molecule has 0 bridgehead atoms. The number of nitrogen functional groups attached to an aromatic ring is 1. The lowest BCUT2D eigenvalue weighted by molar-refractivity contribution is 0.345.